The van der Waals surface area contributed by atoms with Gasteiger partial charge in [0.05, 0.1) is 0 Å². The van der Waals surface area contributed by atoms with E-state index < -0.39 is 6.09 Å². The molecule has 0 radical (unpaired) electrons. The van der Waals surface area contributed by atoms with Crippen molar-refractivity contribution in [3.63, 3.8) is 0 Å². The van der Waals surface area contributed by atoms with Crippen molar-refractivity contribution in [2.75, 3.05) is 50.5 Å². The van der Waals surface area contributed by atoms with Crippen molar-refractivity contribution in [3.8, 4) is 5.75 Å². The molecule has 1 aromatic heterocycles. The summed E-state index contributed by atoms with van der Waals surface area (Å²) in [4.78, 5) is 39.1. The summed E-state index contributed by atoms with van der Waals surface area (Å²) in [6, 6.07) is 13.2. The van der Waals surface area contributed by atoms with Crippen molar-refractivity contribution in [1.82, 2.24) is 19.8 Å². The van der Waals surface area contributed by atoms with E-state index in [0.717, 1.165) is 19.6 Å². The van der Waals surface area contributed by atoms with E-state index in [2.05, 4.69) is 34.0 Å². The summed E-state index contributed by atoms with van der Waals surface area (Å²) in [5, 5.41) is 3.79. The Balaban J connectivity index is 1.61. The number of halogens is 2. The molecule has 0 spiro atoms. The lowest BCUT2D eigenvalue weighted by atomic mass is 10.2. The summed E-state index contributed by atoms with van der Waals surface area (Å²) in [6.45, 7) is 7.61. The number of likely N-dealkylation sites (N-methyl/N-ethyl adjacent to an activating group) is 2. The van der Waals surface area contributed by atoms with Crippen molar-refractivity contribution in [1.29, 1.82) is 0 Å². The molecule has 1 N–H and O–H groups in total. The number of aromatic nitrogens is 2. The van der Waals surface area contributed by atoms with Crippen molar-refractivity contribution in [2.24, 2.45) is 0 Å². The summed E-state index contributed by atoms with van der Waals surface area (Å²) in [5.41, 5.74) is 1.28. The summed E-state index contributed by atoms with van der Waals surface area (Å²) in [6.07, 6.45) is 0.851. The van der Waals surface area contributed by atoms with Gasteiger partial charge in [0.1, 0.15) is 11.6 Å². The SMILES string of the molecule is CCN(CC)CCN(C)C(=O)c1ccc(Nc2nccc(N(C)C(=O)Oc3cc(Cl)cc(Cl)c3)n2)cc1. The number of nitrogens with zero attached hydrogens (tertiary/aromatic N) is 5. The molecule has 0 fully saturated rings. The highest BCUT2D eigenvalue weighted by molar-refractivity contribution is 6.34. The third-order valence-electron chi connectivity index (χ3n) is 5.68. The summed E-state index contributed by atoms with van der Waals surface area (Å²) < 4.78 is 5.35. The Labute approximate surface area is 227 Å². The van der Waals surface area contributed by atoms with Crippen LogP contribution in [0.25, 0.3) is 0 Å². The molecule has 0 saturated heterocycles. The Hall–Kier alpha value is -3.40. The molecule has 9 nitrogen and oxygen atoms in total. The molecule has 0 aliphatic carbocycles. The van der Waals surface area contributed by atoms with Crippen LogP contribution in [0.4, 0.5) is 22.2 Å². The van der Waals surface area contributed by atoms with Crippen molar-refractivity contribution >= 4 is 52.7 Å². The average molecular weight is 545 g/mol. The Morgan fingerprint density at radius 2 is 1.59 bits per heavy atom. The van der Waals surface area contributed by atoms with Crippen molar-refractivity contribution in [2.45, 2.75) is 13.8 Å². The van der Waals surface area contributed by atoms with E-state index in [-0.39, 0.29) is 17.6 Å². The number of nitrogens with one attached hydrogen (secondary N) is 1. The standard InChI is InChI=1S/C26H30Cl2N6O3/c1-5-34(6-2)14-13-32(3)24(35)18-7-9-21(10-8-18)30-25-29-12-11-23(31-25)33(4)26(36)37-22-16-19(27)15-20(28)17-22/h7-12,15-17H,5-6,13-14H2,1-4H3,(H,29,30,31). The molecule has 0 atom stereocenters. The number of rotatable bonds is 10. The van der Waals surface area contributed by atoms with Crippen LogP contribution < -0.4 is 15.0 Å². The first-order chi connectivity index (χ1) is 17.7. The molecule has 11 heteroatoms. The second kappa shape index (κ2) is 13.2. The maximum atomic E-state index is 12.8. The van der Waals surface area contributed by atoms with Gasteiger partial charge in [0.15, 0.2) is 0 Å². The summed E-state index contributed by atoms with van der Waals surface area (Å²) >= 11 is 11.9. The normalized spacial score (nSPS) is 10.8. The monoisotopic (exact) mass is 544 g/mol. The number of carbonyl (C=O) groups excluding carboxylic acids is 2. The van der Waals surface area contributed by atoms with E-state index >= 15 is 0 Å². The number of hydrogen-bond acceptors (Lipinski definition) is 7. The van der Waals surface area contributed by atoms with Gasteiger partial charge in [-0.2, -0.15) is 4.98 Å². The predicted molar refractivity (Wildman–Crippen MR) is 147 cm³/mol. The van der Waals surface area contributed by atoms with Crippen LogP contribution in [-0.2, 0) is 0 Å². The van der Waals surface area contributed by atoms with Crippen LogP contribution in [0.3, 0.4) is 0 Å². The highest BCUT2D eigenvalue weighted by Crippen LogP contribution is 2.25. The van der Waals surface area contributed by atoms with Crippen LogP contribution in [0.1, 0.15) is 24.2 Å². The summed E-state index contributed by atoms with van der Waals surface area (Å²) in [5.74, 6) is 0.767. The first-order valence-electron chi connectivity index (χ1n) is 11.8. The molecule has 0 bridgehead atoms. The van der Waals surface area contributed by atoms with Gasteiger partial charge in [0.2, 0.25) is 5.95 Å². The van der Waals surface area contributed by atoms with Crippen LogP contribution in [0, 0.1) is 0 Å². The number of hydrogen-bond donors (Lipinski definition) is 1. The van der Waals surface area contributed by atoms with Gasteiger partial charge in [0, 0.05) is 54.7 Å². The lowest BCUT2D eigenvalue weighted by Crippen LogP contribution is -2.36. The smallest absolute Gasteiger partial charge is 0.410 e. The summed E-state index contributed by atoms with van der Waals surface area (Å²) in [7, 11) is 3.33. The third-order valence-corrected chi connectivity index (χ3v) is 6.12. The second-order valence-electron chi connectivity index (χ2n) is 8.23. The molecular weight excluding hydrogens is 515 g/mol. The van der Waals surface area contributed by atoms with E-state index in [1.165, 1.54) is 30.3 Å². The molecule has 2 amide bonds. The minimum atomic E-state index is -0.670. The van der Waals surface area contributed by atoms with Gasteiger partial charge in [0.25, 0.3) is 5.91 Å². The van der Waals surface area contributed by atoms with Crippen LogP contribution >= 0.6 is 23.2 Å². The van der Waals surface area contributed by atoms with Gasteiger partial charge in [-0.1, -0.05) is 37.0 Å². The fraction of sp³-hybridized carbons (Fsp3) is 0.308. The second-order valence-corrected chi connectivity index (χ2v) is 9.10. The lowest BCUT2D eigenvalue weighted by Gasteiger charge is -2.23. The minimum Gasteiger partial charge on any atom is -0.410 e. The van der Waals surface area contributed by atoms with Gasteiger partial charge < -0.3 is 19.9 Å². The molecule has 2 aromatic carbocycles. The fourth-order valence-corrected chi connectivity index (χ4v) is 3.93. The highest BCUT2D eigenvalue weighted by atomic mass is 35.5. The molecule has 0 unspecified atom stereocenters. The van der Waals surface area contributed by atoms with Crippen LogP contribution in [-0.4, -0.2) is 72.0 Å². The van der Waals surface area contributed by atoms with Crippen molar-refractivity contribution in [3.05, 3.63) is 70.3 Å². The predicted octanol–water partition coefficient (Wildman–Crippen LogP) is 5.58. The number of amides is 2. The van der Waals surface area contributed by atoms with Crippen LogP contribution in [0.2, 0.25) is 10.0 Å². The largest absolute Gasteiger partial charge is 0.420 e. The van der Waals surface area contributed by atoms with Gasteiger partial charge in [-0.25, -0.2) is 9.78 Å². The first kappa shape index (κ1) is 28.2. The Kier molecular flexibility index (Phi) is 10.1. The number of benzene rings is 2. The zero-order valence-corrected chi connectivity index (χ0v) is 22.8. The quantitative estimate of drug-likeness (QED) is 0.356. The van der Waals surface area contributed by atoms with E-state index in [4.69, 9.17) is 27.9 Å². The minimum absolute atomic E-state index is 0.0434. The molecule has 1 heterocycles. The molecule has 3 rings (SSSR count). The Morgan fingerprint density at radius 1 is 0.946 bits per heavy atom. The molecule has 0 saturated carbocycles. The number of carbonyl (C=O) groups is 2. The maximum Gasteiger partial charge on any atom is 0.420 e. The molecule has 0 aliphatic rings. The van der Waals surface area contributed by atoms with Gasteiger partial charge >= 0.3 is 6.09 Å². The zero-order chi connectivity index (χ0) is 26.9. The number of anilines is 3. The fourth-order valence-electron chi connectivity index (χ4n) is 3.42. The molecule has 3 aromatic rings. The van der Waals surface area contributed by atoms with Crippen LogP contribution in [0.5, 0.6) is 5.75 Å². The van der Waals surface area contributed by atoms with E-state index in [1.807, 2.05) is 0 Å². The van der Waals surface area contributed by atoms with Gasteiger partial charge in [-0.3, -0.25) is 9.69 Å². The van der Waals surface area contributed by atoms with E-state index in [0.29, 0.717) is 33.7 Å². The molecular formula is C26H30Cl2N6O3. The first-order valence-corrected chi connectivity index (χ1v) is 12.5. The van der Waals surface area contributed by atoms with E-state index in [9.17, 15) is 9.59 Å². The maximum absolute atomic E-state index is 12.8. The third kappa shape index (κ3) is 8.04. The number of ether oxygens (including phenoxy) is 1. The topological polar surface area (TPSA) is 90.9 Å². The average Bonchev–Trinajstić information content (AvgIpc) is 2.88. The van der Waals surface area contributed by atoms with E-state index in [1.54, 1.807) is 48.3 Å². The Morgan fingerprint density at radius 3 is 2.22 bits per heavy atom. The lowest BCUT2D eigenvalue weighted by molar-refractivity contribution is 0.0780. The van der Waals surface area contributed by atoms with Gasteiger partial charge in [-0.15, -0.1) is 0 Å². The molecule has 37 heavy (non-hydrogen) atoms. The Bertz CT molecular complexity index is 1200. The highest BCUT2D eigenvalue weighted by Gasteiger charge is 2.17. The molecule has 196 valence electrons. The molecule has 0 aliphatic heterocycles. The van der Waals surface area contributed by atoms with Crippen LogP contribution in [0.15, 0.2) is 54.7 Å². The van der Waals surface area contributed by atoms with Gasteiger partial charge in [-0.05, 0) is 61.6 Å². The van der Waals surface area contributed by atoms with Crippen molar-refractivity contribution < 1.29 is 14.3 Å². The zero-order valence-electron chi connectivity index (χ0n) is 21.2.